The molecular weight excluding hydrogens is 244 g/mol. The van der Waals surface area contributed by atoms with E-state index in [1.807, 2.05) is 0 Å². The quantitative estimate of drug-likeness (QED) is 0.674. The number of aliphatic hydroxyl groups excluding tert-OH is 1. The lowest BCUT2D eigenvalue weighted by molar-refractivity contribution is -0.220. The fourth-order valence-corrected chi connectivity index (χ4v) is 1.60. The minimum absolute atomic E-state index is 0.521. The van der Waals surface area contributed by atoms with Gasteiger partial charge in [-0.2, -0.15) is 0 Å². The van der Waals surface area contributed by atoms with Crippen molar-refractivity contribution >= 4 is 11.9 Å². The molecule has 1 N–H and O–H groups in total. The van der Waals surface area contributed by atoms with Crippen LogP contribution in [0, 0.1) is 0 Å². The topological polar surface area (TPSA) is 91.3 Å². The van der Waals surface area contributed by atoms with E-state index in [9.17, 15) is 14.7 Å². The van der Waals surface area contributed by atoms with E-state index in [0.717, 1.165) is 27.1 Å². The Hall–Kier alpha value is -1.18. The number of carbonyl (C=O) groups excluding carboxylic acids is 2. The van der Waals surface area contributed by atoms with Crippen molar-refractivity contribution in [2.45, 2.75) is 37.8 Å². The Kier molecular flexibility index (Phi) is 6.03. The predicted molar refractivity (Wildman–Crippen MR) is 58.5 cm³/mol. The molecule has 0 aromatic heterocycles. The van der Waals surface area contributed by atoms with Gasteiger partial charge in [0.05, 0.1) is 14.2 Å². The average Bonchev–Trinajstić information content (AvgIpc) is 2.43. The average molecular weight is 262 g/mol. The van der Waals surface area contributed by atoms with Crippen molar-refractivity contribution < 1.29 is 33.6 Å². The number of hydrogen-bond acceptors (Lipinski definition) is 7. The first kappa shape index (κ1) is 14.9. The Morgan fingerprint density at radius 1 is 1.22 bits per heavy atom. The predicted octanol–water partition coefficient (Wildman–Crippen LogP) is -0.395. The second kappa shape index (κ2) is 7.30. The van der Waals surface area contributed by atoms with Crippen LogP contribution in [0.1, 0.15) is 19.3 Å². The number of ether oxygens (including phenoxy) is 4. The highest BCUT2D eigenvalue weighted by molar-refractivity contribution is 5.85. The third-order valence-corrected chi connectivity index (χ3v) is 2.60. The molecule has 0 radical (unpaired) electrons. The van der Waals surface area contributed by atoms with Crippen LogP contribution in [0.4, 0.5) is 0 Å². The summed E-state index contributed by atoms with van der Waals surface area (Å²) in [7, 11) is 2.25. The van der Waals surface area contributed by atoms with Gasteiger partial charge in [-0.1, -0.05) is 0 Å². The van der Waals surface area contributed by atoms with Gasteiger partial charge in [0.1, 0.15) is 0 Å². The summed E-state index contributed by atoms with van der Waals surface area (Å²) in [6, 6.07) is 0. The molecule has 0 spiro atoms. The van der Waals surface area contributed by atoms with Crippen LogP contribution in [0.15, 0.2) is 0 Å². The maximum Gasteiger partial charge on any atom is 0.338 e. The molecule has 0 bridgehead atoms. The summed E-state index contributed by atoms with van der Waals surface area (Å²) >= 11 is 0. The summed E-state index contributed by atoms with van der Waals surface area (Å²) in [6.45, 7) is 0.521. The maximum atomic E-state index is 11.5. The van der Waals surface area contributed by atoms with Gasteiger partial charge in [-0.05, 0) is 19.3 Å². The van der Waals surface area contributed by atoms with Crippen molar-refractivity contribution in [1.29, 1.82) is 0 Å². The van der Waals surface area contributed by atoms with Crippen molar-refractivity contribution in [3.8, 4) is 0 Å². The Labute approximate surface area is 105 Å². The summed E-state index contributed by atoms with van der Waals surface area (Å²) in [5.74, 6) is -1.80. The van der Waals surface area contributed by atoms with E-state index in [0.29, 0.717) is 13.0 Å². The first-order valence-corrected chi connectivity index (χ1v) is 5.71. The molecule has 1 aliphatic heterocycles. The summed E-state index contributed by atoms with van der Waals surface area (Å²) in [6.07, 6.45) is -1.38. The second-order valence-electron chi connectivity index (χ2n) is 3.84. The van der Waals surface area contributed by atoms with Gasteiger partial charge in [-0.25, -0.2) is 9.59 Å². The highest BCUT2D eigenvalue weighted by Gasteiger charge is 2.37. The van der Waals surface area contributed by atoms with Crippen molar-refractivity contribution in [3.05, 3.63) is 0 Å². The molecule has 1 heterocycles. The van der Waals surface area contributed by atoms with E-state index in [1.165, 1.54) is 0 Å². The number of esters is 2. The smallest absolute Gasteiger partial charge is 0.338 e. The number of rotatable bonds is 5. The van der Waals surface area contributed by atoms with Crippen LogP contribution in [-0.2, 0) is 28.5 Å². The van der Waals surface area contributed by atoms with Crippen LogP contribution >= 0.6 is 0 Å². The van der Waals surface area contributed by atoms with E-state index in [-0.39, 0.29) is 0 Å². The van der Waals surface area contributed by atoms with Gasteiger partial charge in [-0.15, -0.1) is 0 Å². The molecule has 7 nitrogen and oxygen atoms in total. The van der Waals surface area contributed by atoms with Gasteiger partial charge in [0.15, 0.2) is 18.5 Å². The number of methoxy groups -OCH3 is 2. The molecule has 1 aliphatic rings. The third-order valence-electron chi connectivity index (χ3n) is 2.60. The van der Waals surface area contributed by atoms with Gasteiger partial charge >= 0.3 is 11.9 Å². The van der Waals surface area contributed by atoms with Crippen LogP contribution in [-0.4, -0.2) is 56.4 Å². The van der Waals surface area contributed by atoms with Gasteiger partial charge in [0.2, 0.25) is 0 Å². The molecule has 0 aliphatic carbocycles. The molecule has 7 heteroatoms. The summed E-state index contributed by atoms with van der Waals surface area (Å²) < 4.78 is 19.4. The largest absolute Gasteiger partial charge is 0.467 e. The van der Waals surface area contributed by atoms with Crippen molar-refractivity contribution in [2.24, 2.45) is 0 Å². The Morgan fingerprint density at radius 3 is 2.39 bits per heavy atom. The lowest BCUT2D eigenvalue weighted by Crippen LogP contribution is -2.45. The molecule has 0 aromatic carbocycles. The molecule has 1 rings (SSSR count). The first-order valence-electron chi connectivity index (χ1n) is 5.71. The minimum atomic E-state index is -1.73. The van der Waals surface area contributed by atoms with Crippen molar-refractivity contribution in [1.82, 2.24) is 0 Å². The number of carbonyl (C=O) groups is 2. The molecule has 1 fully saturated rings. The summed E-state index contributed by atoms with van der Waals surface area (Å²) in [5.41, 5.74) is 0. The Balaban J connectivity index is 2.65. The van der Waals surface area contributed by atoms with Crippen LogP contribution in [0.3, 0.4) is 0 Å². The maximum absolute atomic E-state index is 11.5. The summed E-state index contributed by atoms with van der Waals surface area (Å²) in [5, 5.41) is 9.65. The summed E-state index contributed by atoms with van der Waals surface area (Å²) in [4.78, 5) is 22.7. The Bertz CT molecular complexity index is 285. The normalized spacial score (nSPS) is 22.9. The van der Waals surface area contributed by atoms with Gasteiger partial charge in [0.25, 0.3) is 0 Å². The molecule has 0 saturated carbocycles. The lowest BCUT2D eigenvalue weighted by atomic mass is 10.2. The highest BCUT2D eigenvalue weighted by Crippen LogP contribution is 2.17. The van der Waals surface area contributed by atoms with Gasteiger partial charge in [0, 0.05) is 6.61 Å². The number of aliphatic hydroxyl groups is 1. The third kappa shape index (κ3) is 3.94. The SMILES string of the molecule is COC(=O)[C@@H](O)[C@H](OC1CCCCO1)C(=O)OC. The minimum Gasteiger partial charge on any atom is -0.467 e. The van der Waals surface area contributed by atoms with Crippen LogP contribution in [0.5, 0.6) is 0 Å². The van der Waals surface area contributed by atoms with E-state index < -0.39 is 30.4 Å². The van der Waals surface area contributed by atoms with Gasteiger partial charge in [-0.3, -0.25) is 0 Å². The molecule has 1 unspecified atom stereocenters. The standard InChI is InChI=1S/C11H18O7/c1-15-10(13)8(12)9(11(14)16-2)18-7-5-3-4-6-17-7/h7-9,12H,3-6H2,1-2H3/t7?,8-,9-/m0/s1. The highest BCUT2D eigenvalue weighted by atomic mass is 16.7. The molecule has 3 atom stereocenters. The van der Waals surface area contributed by atoms with Crippen LogP contribution < -0.4 is 0 Å². The fraction of sp³-hybridized carbons (Fsp3) is 0.818. The van der Waals surface area contributed by atoms with E-state index in [1.54, 1.807) is 0 Å². The van der Waals surface area contributed by atoms with E-state index in [2.05, 4.69) is 9.47 Å². The zero-order chi connectivity index (χ0) is 13.5. The van der Waals surface area contributed by atoms with Crippen molar-refractivity contribution in [2.75, 3.05) is 20.8 Å². The van der Waals surface area contributed by atoms with Crippen LogP contribution in [0.25, 0.3) is 0 Å². The zero-order valence-electron chi connectivity index (χ0n) is 10.5. The number of hydrogen-bond donors (Lipinski definition) is 1. The lowest BCUT2D eigenvalue weighted by Gasteiger charge is -2.27. The molecule has 104 valence electrons. The Morgan fingerprint density at radius 2 is 1.89 bits per heavy atom. The zero-order valence-corrected chi connectivity index (χ0v) is 10.5. The van der Waals surface area contributed by atoms with Crippen molar-refractivity contribution in [3.63, 3.8) is 0 Å². The monoisotopic (exact) mass is 262 g/mol. The first-order chi connectivity index (χ1) is 8.60. The fourth-order valence-electron chi connectivity index (χ4n) is 1.60. The molecule has 0 amide bonds. The van der Waals surface area contributed by atoms with E-state index in [4.69, 9.17) is 9.47 Å². The van der Waals surface area contributed by atoms with Gasteiger partial charge < -0.3 is 24.1 Å². The molecule has 18 heavy (non-hydrogen) atoms. The molecule has 0 aromatic rings. The molecule has 1 saturated heterocycles. The molecular formula is C11H18O7. The van der Waals surface area contributed by atoms with Crippen LogP contribution in [0.2, 0.25) is 0 Å². The van der Waals surface area contributed by atoms with E-state index >= 15 is 0 Å². The second-order valence-corrected chi connectivity index (χ2v) is 3.84.